The van der Waals surface area contributed by atoms with Crippen molar-refractivity contribution in [2.45, 2.75) is 32.5 Å². The molecule has 0 fully saturated rings. The number of carbonyl (C=O) groups excluding carboxylic acids is 3. The summed E-state index contributed by atoms with van der Waals surface area (Å²) in [5.74, 6) is -0.921. The van der Waals surface area contributed by atoms with Gasteiger partial charge in [0.05, 0.1) is 41.5 Å². The van der Waals surface area contributed by atoms with E-state index in [1.165, 1.54) is 18.6 Å². The SMILES string of the molecule is C[C@@H]1CN([C@H](C)CO)C(=O)c2cccc(NC(=O)c3cnccn3)c2O[C@H]1CN(C)Cc1ccc(C(=O)Nc2ccccc2N)cc1. The largest absolute Gasteiger partial charge is 0.486 e. The van der Waals surface area contributed by atoms with Crippen LogP contribution in [0.4, 0.5) is 17.1 Å². The number of rotatable bonds is 10. The van der Waals surface area contributed by atoms with E-state index in [2.05, 4.69) is 25.5 Å². The first kappa shape index (κ1) is 33.0. The fourth-order valence-electron chi connectivity index (χ4n) is 5.41. The van der Waals surface area contributed by atoms with Crippen LogP contribution in [0.25, 0.3) is 0 Å². The first-order valence-corrected chi connectivity index (χ1v) is 15.4. The van der Waals surface area contributed by atoms with Gasteiger partial charge in [-0.1, -0.05) is 37.3 Å². The first-order chi connectivity index (χ1) is 22.6. The van der Waals surface area contributed by atoms with E-state index < -0.39 is 18.1 Å². The lowest BCUT2D eigenvalue weighted by Gasteiger charge is -2.38. The Morgan fingerprint density at radius 1 is 1.04 bits per heavy atom. The number of amides is 3. The zero-order chi connectivity index (χ0) is 33.5. The molecular formula is C35H39N7O5. The van der Waals surface area contributed by atoms with Crippen molar-refractivity contribution in [3.05, 3.63) is 108 Å². The first-order valence-electron chi connectivity index (χ1n) is 15.4. The van der Waals surface area contributed by atoms with Gasteiger partial charge in [-0.25, -0.2) is 4.98 Å². The minimum Gasteiger partial charge on any atom is -0.486 e. The van der Waals surface area contributed by atoms with Gasteiger partial charge in [0.1, 0.15) is 11.8 Å². The highest BCUT2D eigenvalue weighted by Gasteiger charge is 2.34. The second kappa shape index (κ2) is 14.8. The Morgan fingerprint density at radius 3 is 2.47 bits per heavy atom. The van der Waals surface area contributed by atoms with E-state index in [1.54, 1.807) is 60.4 Å². The van der Waals surface area contributed by atoms with Crippen molar-refractivity contribution in [3.8, 4) is 5.75 Å². The van der Waals surface area contributed by atoms with Gasteiger partial charge >= 0.3 is 0 Å². The topological polar surface area (TPSA) is 163 Å². The molecule has 0 saturated heterocycles. The fraction of sp³-hybridized carbons (Fsp3) is 0.286. The molecule has 12 nitrogen and oxygen atoms in total. The van der Waals surface area contributed by atoms with Crippen LogP contribution in [0.15, 0.2) is 85.3 Å². The third kappa shape index (κ3) is 7.91. The molecule has 0 bridgehead atoms. The maximum absolute atomic E-state index is 13.8. The summed E-state index contributed by atoms with van der Waals surface area (Å²) in [4.78, 5) is 51.4. The number of hydrogen-bond donors (Lipinski definition) is 4. The number of aliphatic hydroxyl groups is 1. The van der Waals surface area contributed by atoms with E-state index in [-0.39, 0.29) is 41.3 Å². The molecule has 0 aliphatic carbocycles. The van der Waals surface area contributed by atoms with Crippen LogP contribution in [0.5, 0.6) is 5.75 Å². The minimum atomic E-state index is -0.490. The molecule has 0 unspecified atom stereocenters. The van der Waals surface area contributed by atoms with Gasteiger partial charge in [0.25, 0.3) is 17.7 Å². The second-order valence-corrected chi connectivity index (χ2v) is 11.8. The van der Waals surface area contributed by atoms with E-state index in [9.17, 15) is 19.5 Å². The van der Waals surface area contributed by atoms with Gasteiger partial charge in [-0.05, 0) is 55.9 Å². The van der Waals surface area contributed by atoms with E-state index >= 15 is 0 Å². The average molecular weight is 638 g/mol. The Hall–Kier alpha value is -5.33. The van der Waals surface area contributed by atoms with E-state index in [0.29, 0.717) is 42.3 Å². The van der Waals surface area contributed by atoms with Crippen molar-refractivity contribution in [3.63, 3.8) is 0 Å². The number of likely N-dealkylation sites (N-methyl/N-ethyl adjacent to an activating group) is 1. The lowest BCUT2D eigenvalue weighted by molar-refractivity contribution is 0.0343. The molecule has 1 aromatic heterocycles. The van der Waals surface area contributed by atoms with E-state index in [0.717, 1.165) is 5.56 Å². The van der Waals surface area contributed by atoms with Crippen molar-refractivity contribution >= 4 is 34.8 Å². The molecule has 0 spiro atoms. The number of benzene rings is 3. The number of carbonyl (C=O) groups is 3. The van der Waals surface area contributed by atoms with Crippen LogP contribution in [0.3, 0.4) is 0 Å². The van der Waals surface area contributed by atoms with E-state index in [1.807, 2.05) is 32.2 Å². The number of nitrogen functional groups attached to an aromatic ring is 1. The summed E-state index contributed by atoms with van der Waals surface area (Å²) in [5, 5.41) is 15.7. The molecule has 0 radical (unpaired) electrons. The molecule has 5 rings (SSSR count). The molecule has 1 aliphatic rings. The standard InChI is InChI=1S/C35H39N7O5/c1-22-18-42(23(2)21-43)35(46)26-7-6-10-29(40-34(45)30-17-37-15-16-38-30)32(26)47-31(22)20-41(3)19-24-11-13-25(14-12-24)33(44)39-28-9-5-4-8-27(28)36/h4-17,22-23,31,43H,18-21,36H2,1-3H3,(H,39,44)(H,40,45)/t22-,23-,31+/m1/s1. The molecule has 47 heavy (non-hydrogen) atoms. The maximum Gasteiger partial charge on any atom is 0.275 e. The zero-order valence-electron chi connectivity index (χ0n) is 26.6. The molecule has 4 aromatic rings. The zero-order valence-corrected chi connectivity index (χ0v) is 26.6. The lowest BCUT2D eigenvalue weighted by atomic mass is 9.98. The number of nitrogens with zero attached hydrogens (tertiary/aromatic N) is 4. The summed E-state index contributed by atoms with van der Waals surface area (Å²) >= 11 is 0. The summed E-state index contributed by atoms with van der Waals surface area (Å²) in [5.41, 5.74) is 9.24. The molecule has 12 heteroatoms. The van der Waals surface area contributed by atoms with Crippen LogP contribution < -0.4 is 21.1 Å². The quantitative estimate of drug-likeness (QED) is 0.189. The minimum absolute atomic E-state index is 0.121. The van der Waals surface area contributed by atoms with Crippen molar-refractivity contribution in [2.24, 2.45) is 5.92 Å². The molecule has 1 aliphatic heterocycles. The van der Waals surface area contributed by atoms with Crippen molar-refractivity contribution in [1.82, 2.24) is 19.8 Å². The fourth-order valence-corrected chi connectivity index (χ4v) is 5.41. The van der Waals surface area contributed by atoms with Gasteiger partial charge in [-0.15, -0.1) is 0 Å². The number of aliphatic hydroxyl groups excluding tert-OH is 1. The lowest BCUT2D eigenvalue weighted by Crippen LogP contribution is -2.49. The van der Waals surface area contributed by atoms with Crippen LogP contribution in [0.2, 0.25) is 0 Å². The van der Waals surface area contributed by atoms with Crippen LogP contribution >= 0.6 is 0 Å². The average Bonchev–Trinajstić information content (AvgIpc) is 3.08. The highest BCUT2D eigenvalue weighted by atomic mass is 16.5. The highest BCUT2D eigenvalue weighted by Crippen LogP contribution is 2.35. The number of ether oxygens (including phenoxy) is 1. The monoisotopic (exact) mass is 637 g/mol. The summed E-state index contributed by atoms with van der Waals surface area (Å²) in [6.07, 6.45) is 3.87. The Kier molecular flexibility index (Phi) is 10.4. The Labute approximate surface area is 273 Å². The number of para-hydroxylation sites is 3. The number of hydrogen-bond acceptors (Lipinski definition) is 9. The van der Waals surface area contributed by atoms with Gasteiger partial charge < -0.3 is 31.1 Å². The molecule has 244 valence electrons. The molecule has 2 heterocycles. The summed E-state index contributed by atoms with van der Waals surface area (Å²) in [6.45, 7) is 5.01. The molecule has 0 saturated carbocycles. The van der Waals surface area contributed by atoms with Gasteiger partial charge in [0.15, 0.2) is 5.75 Å². The number of nitrogens with one attached hydrogen (secondary N) is 2. The predicted octanol–water partition coefficient (Wildman–Crippen LogP) is 3.92. The Bertz CT molecular complexity index is 1720. The Balaban J connectivity index is 1.34. The Morgan fingerprint density at radius 2 is 1.77 bits per heavy atom. The molecular weight excluding hydrogens is 598 g/mol. The van der Waals surface area contributed by atoms with Crippen molar-refractivity contribution < 1.29 is 24.2 Å². The third-order valence-electron chi connectivity index (χ3n) is 8.10. The van der Waals surface area contributed by atoms with Crippen LogP contribution in [0.1, 0.15) is 50.6 Å². The molecule has 3 amide bonds. The number of aromatic nitrogens is 2. The third-order valence-corrected chi connectivity index (χ3v) is 8.10. The van der Waals surface area contributed by atoms with Gasteiger partial charge in [0.2, 0.25) is 0 Å². The number of anilines is 3. The highest BCUT2D eigenvalue weighted by molar-refractivity contribution is 6.06. The summed E-state index contributed by atoms with van der Waals surface area (Å²) < 4.78 is 6.61. The summed E-state index contributed by atoms with van der Waals surface area (Å²) in [7, 11) is 1.97. The molecule has 5 N–H and O–H groups in total. The predicted molar refractivity (Wildman–Crippen MR) is 179 cm³/mol. The maximum atomic E-state index is 13.8. The number of nitrogens with two attached hydrogens (primary N) is 1. The second-order valence-electron chi connectivity index (χ2n) is 11.8. The number of fused-ring (bicyclic) bond motifs is 1. The summed E-state index contributed by atoms with van der Waals surface area (Å²) in [6, 6.07) is 19.0. The molecule has 3 aromatic carbocycles. The molecule has 3 atom stereocenters. The van der Waals surface area contributed by atoms with Crippen LogP contribution in [-0.4, -0.2) is 81.5 Å². The van der Waals surface area contributed by atoms with Gasteiger partial charge in [0, 0.05) is 43.5 Å². The van der Waals surface area contributed by atoms with Crippen LogP contribution in [0, 0.1) is 5.92 Å². The van der Waals surface area contributed by atoms with Gasteiger partial charge in [-0.2, -0.15) is 0 Å². The van der Waals surface area contributed by atoms with E-state index in [4.69, 9.17) is 10.5 Å². The van der Waals surface area contributed by atoms with Crippen molar-refractivity contribution in [1.29, 1.82) is 0 Å². The van der Waals surface area contributed by atoms with Gasteiger partial charge in [-0.3, -0.25) is 24.3 Å². The normalized spacial score (nSPS) is 16.8. The van der Waals surface area contributed by atoms with Crippen molar-refractivity contribution in [2.75, 3.05) is 43.1 Å². The smallest absolute Gasteiger partial charge is 0.275 e. The van der Waals surface area contributed by atoms with Crippen LogP contribution in [-0.2, 0) is 6.54 Å².